The van der Waals surface area contributed by atoms with Gasteiger partial charge in [0.1, 0.15) is 0 Å². The maximum absolute atomic E-state index is 5.48. The second kappa shape index (κ2) is 9.09. The van der Waals surface area contributed by atoms with E-state index < -0.39 is 0 Å². The zero-order valence-corrected chi connectivity index (χ0v) is 20.1. The van der Waals surface area contributed by atoms with E-state index in [1.54, 1.807) is 0 Å². The first-order chi connectivity index (χ1) is 16.0. The highest BCUT2D eigenvalue weighted by molar-refractivity contribution is 6.01. The molecule has 5 rings (SSSR count). The SMILES string of the molecule is Cc1cccc(-c2ccnc3cc(C)c(-c4ccc(CN5CCOCC5)cc4)c(C)c23)c1C. The van der Waals surface area contributed by atoms with Gasteiger partial charge in [-0.1, -0.05) is 42.5 Å². The molecule has 2 heterocycles. The molecule has 3 heteroatoms. The van der Waals surface area contributed by atoms with Crippen LogP contribution < -0.4 is 0 Å². The summed E-state index contributed by atoms with van der Waals surface area (Å²) >= 11 is 0. The van der Waals surface area contributed by atoms with Crippen molar-refractivity contribution in [2.45, 2.75) is 34.2 Å². The average Bonchev–Trinajstić information content (AvgIpc) is 2.82. The van der Waals surface area contributed by atoms with E-state index in [2.05, 4.69) is 87.2 Å². The summed E-state index contributed by atoms with van der Waals surface area (Å²) < 4.78 is 5.48. The Morgan fingerprint density at radius 2 is 1.58 bits per heavy atom. The lowest BCUT2D eigenvalue weighted by atomic mass is 9.87. The summed E-state index contributed by atoms with van der Waals surface area (Å²) in [6.45, 7) is 13.5. The molecule has 0 saturated carbocycles. The average molecular weight is 437 g/mol. The molecule has 0 atom stereocenters. The van der Waals surface area contributed by atoms with Gasteiger partial charge in [-0.25, -0.2) is 0 Å². The molecule has 4 aromatic rings. The molecule has 0 spiro atoms. The summed E-state index contributed by atoms with van der Waals surface area (Å²) in [5.74, 6) is 0. The first-order valence-corrected chi connectivity index (χ1v) is 11.9. The van der Waals surface area contributed by atoms with Crippen LogP contribution in [0.15, 0.2) is 60.8 Å². The maximum atomic E-state index is 5.48. The Hall–Kier alpha value is -3.01. The molecule has 0 N–H and O–H groups in total. The quantitative estimate of drug-likeness (QED) is 0.359. The molecule has 0 unspecified atom stereocenters. The van der Waals surface area contributed by atoms with Crippen molar-refractivity contribution in [2.24, 2.45) is 0 Å². The highest BCUT2D eigenvalue weighted by Gasteiger charge is 2.16. The summed E-state index contributed by atoms with van der Waals surface area (Å²) in [5.41, 5.74) is 12.8. The van der Waals surface area contributed by atoms with E-state index in [0.717, 1.165) is 38.4 Å². The van der Waals surface area contributed by atoms with E-state index in [1.807, 2.05) is 6.20 Å². The van der Waals surface area contributed by atoms with Gasteiger partial charge < -0.3 is 4.74 Å². The fourth-order valence-electron chi connectivity index (χ4n) is 5.19. The van der Waals surface area contributed by atoms with Crippen molar-refractivity contribution in [2.75, 3.05) is 26.3 Å². The van der Waals surface area contributed by atoms with Gasteiger partial charge in [-0.2, -0.15) is 0 Å². The lowest BCUT2D eigenvalue weighted by Crippen LogP contribution is -2.35. The molecule has 3 nitrogen and oxygen atoms in total. The first-order valence-electron chi connectivity index (χ1n) is 11.9. The van der Waals surface area contributed by atoms with Crippen LogP contribution in [0.3, 0.4) is 0 Å². The summed E-state index contributed by atoms with van der Waals surface area (Å²) in [7, 11) is 0. The smallest absolute Gasteiger partial charge is 0.0713 e. The Balaban J connectivity index is 1.58. The second-order valence-corrected chi connectivity index (χ2v) is 9.28. The molecule has 168 valence electrons. The predicted molar refractivity (Wildman–Crippen MR) is 138 cm³/mol. The Bertz CT molecular complexity index is 1300. The number of rotatable bonds is 4. The van der Waals surface area contributed by atoms with Crippen molar-refractivity contribution in [3.05, 3.63) is 88.6 Å². The number of aromatic nitrogens is 1. The number of ether oxygens (including phenoxy) is 1. The van der Waals surface area contributed by atoms with E-state index in [0.29, 0.717) is 0 Å². The minimum atomic E-state index is 0.838. The van der Waals surface area contributed by atoms with Gasteiger partial charge in [-0.05, 0) is 89.9 Å². The Morgan fingerprint density at radius 3 is 2.33 bits per heavy atom. The standard InChI is InChI=1S/C30H32N2O/c1-20-6-5-7-26(22(20)3)27-12-13-31-28-18-21(2)29(23(4)30(27)28)25-10-8-24(9-11-25)19-32-14-16-33-17-15-32/h5-13,18H,14-17,19H2,1-4H3. The molecule has 1 aliphatic heterocycles. The molecule has 1 aromatic heterocycles. The van der Waals surface area contributed by atoms with E-state index in [4.69, 9.17) is 9.72 Å². The summed E-state index contributed by atoms with van der Waals surface area (Å²) in [4.78, 5) is 7.20. The number of nitrogens with zero attached hydrogens (tertiary/aromatic N) is 2. The monoisotopic (exact) mass is 436 g/mol. The minimum absolute atomic E-state index is 0.838. The highest BCUT2D eigenvalue weighted by Crippen LogP contribution is 2.38. The van der Waals surface area contributed by atoms with Crippen LogP contribution in [0, 0.1) is 27.7 Å². The van der Waals surface area contributed by atoms with E-state index in [1.165, 1.54) is 55.5 Å². The third-order valence-corrected chi connectivity index (χ3v) is 7.13. The summed E-state index contributed by atoms with van der Waals surface area (Å²) in [6.07, 6.45) is 1.94. The van der Waals surface area contributed by atoms with Crippen LogP contribution in [0.2, 0.25) is 0 Å². The molecule has 0 aliphatic carbocycles. The fraction of sp³-hybridized carbons (Fsp3) is 0.300. The van der Waals surface area contributed by atoms with Crippen LogP contribution in [0.25, 0.3) is 33.2 Å². The van der Waals surface area contributed by atoms with Gasteiger partial charge in [0.25, 0.3) is 0 Å². The highest BCUT2D eigenvalue weighted by atomic mass is 16.5. The molecule has 1 fully saturated rings. The van der Waals surface area contributed by atoms with E-state index in [9.17, 15) is 0 Å². The van der Waals surface area contributed by atoms with Crippen LogP contribution in [0.4, 0.5) is 0 Å². The normalized spacial score (nSPS) is 14.7. The lowest BCUT2D eigenvalue weighted by Gasteiger charge is -2.26. The number of benzene rings is 3. The van der Waals surface area contributed by atoms with Crippen LogP contribution >= 0.6 is 0 Å². The third-order valence-electron chi connectivity index (χ3n) is 7.13. The van der Waals surface area contributed by atoms with Crippen LogP contribution in [-0.4, -0.2) is 36.2 Å². The number of morpholine rings is 1. The largest absolute Gasteiger partial charge is 0.379 e. The van der Waals surface area contributed by atoms with Crippen molar-refractivity contribution in [3.63, 3.8) is 0 Å². The minimum Gasteiger partial charge on any atom is -0.379 e. The Morgan fingerprint density at radius 1 is 0.818 bits per heavy atom. The number of pyridine rings is 1. The molecule has 0 amide bonds. The summed E-state index contributed by atoms with van der Waals surface area (Å²) in [6, 6.07) is 20.1. The van der Waals surface area contributed by atoms with Crippen molar-refractivity contribution in [3.8, 4) is 22.3 Å². The van der Waals surface area contributed by atoms with Gasteiger partial charge in [0.05, 0.1) is 18.7 Å². The molecule has 0 bridgehead atoms. The number of aryl methyl sites for hydroxylation is 3. The molecular weight excluding hydrogens is 404 g/mol. The molecule has 0 radical (unpaired) electrons. The number of hydrogen-bond acceptors (Lipinski definition) is 3. The fourth-order valence-corrected chi connectivity index (χ4v) is 5.19. The molecule has 1 saturated heterocycles. The number of fused-ring (bicyclic) bond motifs is 1. The predicted octanol–water partition coefficient (Wildman–Crippen LogP) is 6.63. The van der Waals surface area contributed by atoms with Crippen molar-refractivity contribution < 1.29 is 4.74 Å². The Kier molecular flexibility index (Phi) is 6.01. The van der Waals surface area contributed by atoms with E-state index in [-0.39, 0.29) is 0 Å². The second-order valence-electron chi connectivity index (χ2n) is 9.28. The van der Waals surface area contributed by atoms with Crippen molar-refractivity contribution >= 4 is 10.9 Å². The van der Waals surface area contributed by atoms with Gasteiger partial charge in [0, 0.05) is 31.2 Å². The zero-order chi connectivity index (χ0) is 22.9. The van der Waals surface area contributed by atoms with E-state index >= 15 is 0 Å². The third kappa shape index (κ3) is 4.19. The molecule has 33 heavy (non-hydrogen) atoms. The number of hydrogen-bond donors (Lipinski definition) is 0. The lowest BCUT2D eigenvalue weighted by molar-refractivity contribution is 0.0342. The zero-order valence-electron chi connectivity index (χ0n) is 20.1. The topological polar surface area (TPSA) is 25.4 Å². The van der Waals surface area contributed by atoms with Crippen LogP contribution in [0.1, 0.15) is 27.8 Å². The van der Waals surface area contributed by atoms with Crippen LogP contribution in [-0.2, 0) is 11.3 Å². The van der Waals surface area contributed by atoms with Gasteiger partial charge in [-0.15, -0.1) is 0 Å². The van der Waals surface area contributed by atoms with Crippen LogP contribution in [0.5, 0.6) is 0 Å². The molecular formula is C30H32N2O. The maximum Gasteiger partial charge on any atom is 0.0713 e. The molecule has 1 aliphatic rings. The molecule has 3 aromatic carbocycles. The Labute approximate surface area is 197 Å². The van der Waals surface area contributed by atoms with Gasteiger partial charge in [0.15, 0.2) is 0 Å². The van der Waals surface area contributed by atoms with Crippen molar-refractivity contribution in [1.29, 1.82) is 0 Å². The summed E-state index contributed by atoms with van der Waals surface area (Å²) in [5, 5.41) is 1.25. The first kappa shape index (κ1) is 21.8. The van der Waals surface area contributed by atoms with Gasteiger partial charge >= 0.3 is 0 Å². The van der Waals surface area contributed by atoms with Gasteiger partial charge in [0.2, 0.25) is 0 Å². The van der Waals surface area contributed by atoms with Gasteiger partial charge in [-0.3, -0.25) is 9.88 Å². The van der Waals surface area contributed by atoms with Crippen molar-refractivity contribution in [1.82, 2.24) is 9.88 Å².